The number of hydrogen-bond donors (Lipinski definition) is 1. The van der Waals surface area contributed by atoms with E-state index in [4.69, 9.17) is 19.7 Å². The molecule has 3 atom stereocenters. The molecule has 2 N–H and O–H groups in total. The molecule has 34 heavy (non-hydrogen) atoms. The minimum Gasteiger partial charge on any atom is -0.453 e. The van der Waals surface area contributed by atoms with Gasteiger partial charge in [0.2, 0.25) is 5.89 Å². The number of benzene rings is 1. The van der Waals surface area contributed by atoms with Gasteiger partial charge in [0, 0.05) is 19.7 Å². The van der Waals surface area contributed by atoms with Gasteiger partial charge in [-0.1, -0.05) is 19.0 Å². The maximum Gasteiger partial charge on any atom is 0.293 e. The van der Waals surface area contributed by atoms with Crippen LogP contribution in [0.25, 0.3) is 0 Å². The number of nitrogens with two attached hydrogens (primary N) is 1. The minimum absolute atomic E-state index is 0.0627. The molecule has 2 aromatic rings. The van der Waals surface area contributed by atoms with E-state index >= 15 is 0 Å². The summed E-state index contributed by atoms with van der Waals surface area (Å²) in [5.74, 6) is -3.64. The standard InChI is InChI=1S/C22H27F3N4O5/c1-22(2,10-32-3)21-27-19(34-28-21)17-5-4-6-29(17)20(31)18(33-11-30)16(26)8-12-7-14(24)15(25)9-13(12)23/h7,9,11,16-18H,4-6,8,10,26H2,1-3H3/t16-,17+,18?/m1/s1. The molecule has 12 heteroatoms. The van der Waals surface area contributed by atoms with E-state index in [0.717, 1.165) is 0 Å². The van der Waals surface area contributed by atoms with Gasteiger partial charge in [-0.05, 0) is 30.9 Å². The van der Waals surface area contributed by atoms with Gasteiger partial charge in [-0.3, -0.25) is 9.59 Å². The van der Waals surface area contributed by atoms with Gasteiger partial charge in [-0.25, -0.2) is 13.2 Å². The molecule has 0 spiro atoms. The molecule has 9 nitrogen and oxygen atoms in total. The summed E-state index contributed by atoms with van der Waals surface area (Å²) in [6.07, 6.45) is -0.713. The van der Waals surface area contributed by atoms with Gasteiger partial charge in [0.25, 0.3) is 12.4 Å². The number of halogens is 3. The highest BCUT2D eigenvalue weighted by Gasteiger charge is 2.41. The minimum atomic E-state index is -1.49. The number of carbonyl (C=O) groups is 2. The summed E-state index contributed by atoms with van der Waals surface area (Å²) in [5.41, 5.74) is 5.29. The summed E-state index contributed by atoms with van der Waals surface area (Å²) in [5, 5.41) is 4.02. The smallest absolute Gasteiger partial charge is 0.293 e. The first-order valence-corrected chi connectivity index (χ1v) is 10.7. The van der Waals surface area contributed by atoms with E-state index in [1.807, 2.05) is 13.8 Å². The van der Waals surface area contributed by atoms with E-state index in [0.29, 0.717) is 44.0 Å². The summed E-state index contributed by atoms with van der Waals surface area (Å²) in [6.45, 7) is 4.49. The zero-order chi connectivity index (χ0) is 25.0. The van der Waals surface area contributed by atoms with E-state index in [1.165, 1.54) is 4.90 Å². The van der Waals surface area contributed by atoms with Gasteiger partial charge < -0.3 is 24.6 Å². The zero-order valence-corrected chi connectivity index (χ0v) is 19.1. The Kier molecular flexibility index (Phi) is 7.93. The molecular weight excluding hydrogens is 457 g/mol. The van der Waals surface area contributed by atoms with Crippen molar-refractivity contribution in [2.75, 3.05) is 20.3 Å². The van der Waals surface area contributed by atoms with Crippen molar-refractivity contribution in [1.29, 1.82) is 0 Å². The Morgan fingerprint density at radius 1 is 1.32 bits per heavy atom. The maximum absolute atomic E-state index is 14.1. The molecule has 0 aliphatic carbocycles. The summed E-state index contributed by atoms with van der Waals surface area (Å²) in [7, 11) is 1.56. The maximum atomic E-state index is 14.1. The van der Waals surface area contributed by atoms with Crippen molar-refractivity contribution in [1.82, 2.24) is 15.0 Å². The fourth-order valence-electron chi connectivity index (χ4n) is 4.00. The number of methoxy groups -OCH3 is 1. The van der Waals surface area contributed by atoms with Crippen LogP contribution in [0.2, 0.25) is 0 Å². The molecular formula is C22H27F3N4O5. The zero-order valence-electron chi connectivity index (χ0n) is 19.1. The molecule has 0 saturated carbocycles. The second-order valence-corrected chi connectivity index (χ2v) is 8.84. The third-order valence-corrected chi connectivity index (χ3v) is 5.75. The normalized spacial score (nSPS) is 18.1. The molecule has 1 unspecified atom stereocenters. The van der Waals surface area contributed by atoms with Crippen LogP contribution in [0.5, 0.6) is 0 Å². The Morgan fingerprint density at radius 2 is 2.03 bits per heavy atom. The van der Waals surface area contributed by atoms with Crippen molar-refractivity contribution >= 4 is 12.4 Å². The Labute approximate surface area is 194 Å². The fourth-order valence-corrected chi connectivity index (χ4v) is 4.00. The highest BCUT2D eigenvalue weighted by molar-refractivity contribution is 5.83. The average molecular weight is 484 g/mol. The predicted octanol–water partition coefficient (Wildman–Crippen LogP) is 2.19. The first-order valence-electron chi connectivity index (χ1n) is 10.7. The van der Waals surface area contributed by atoms with Gasteiger partial charge in [-0.15, -0.1) is 0 Å². The largest absolute Gasteiger partial charge is 0.453 e. The number of aromatic nitrogens is 2. The van der Waals surface area contributed by atoms with Crippen LogP contribution in [0.1, 0.15) is 50.0 Å². The Balaban J connectivity index is 1.80. The Morgan fingerprint density at radius 3 is 2.71 bits per heavy atom. The van der Waals surface area contributed by atoms with E-state index in [9.17, 15) is 22.8 Å². The lowest BCUT2D eigenvalue weighted by molar-refractivity contribution is -0.154. The molecule has 1 aliphatic rings. The fraction of sp³-hybridized carbons (Fsp3) is 0.545. The number of ether oxygens (including phenoxy) is 2. The molecule has 1 amide bonds. The summed E-state index contributed by atoms with van der Waals surface area (Å²) in [4.78, 5) is 30.2. The second kappa shape index (κ2) is 10.5. The van der Waals surface area contributed by atoms with Crippen LogP contribution in [0, 0.1) is 17.5 Å². The van der Waals surface area contributed by atoms with E-state index in [2.05, 4.69) is 10.1 Å². The summed E-state index contributed by atoms with van der Waals surface area (Å²) >= 11 is 0. The summed E-state index contributed by atoms with van der Waals surface area (Å²) < 4.78 is 56.4. The van der Waals surface area contributed by atoms with E-state index in [-0.39, 0.29) is 24.3 Å². The lowest BCUT2D eigenvalue weighted by Crippen LogP contribution is -2.50. The second-order valence-electron chi connectivity index (χ2n) is 8.84. The third-order valence-electron chi connectivity index (χ3n) is 5.75. The van der Waals surface area contributed by atoms with Gasteiger partial charge >= 0.3 is 0 Å². The Bertz CT molecular complexity index is 1030. The summed E-state index contributed by atoms with van der Waals surface area (Å²) in [6, 6.07) is -0.745. The first kappa shape index (κ1) is 25.6. The van der Waals surface area contributed by atoms with Crippen LogP contribution in [-0.4, -0.2) is 59.8 Å². The molecule has 3 rings (SSSR count). The van der Waals surface area contributed by atoms with Gasteiger partial charge in [0.15, 0.2) is 23.6 Å². The van der Waals surface area contributed by atoms with Crippen molar-refractivity contribution in [3.8, 4) is 0 Å². The van der Waals surface area contributed by atoms with Crippen LogP contribution < -0.4 is 5.73 Å². The molecule has 0 bridgehead atoms. The number of amides is 1. The topological polar surface area (TPSA) is 121 Å². The first-order chi connectivity index (χ1) is 16.1. The lowest BCUT2D eigenvalue weighted by atomic mass is 9.94. The predicted molar refractivity (Wildman–Crippen MR) is 112 cm³/mol. The van der Waals surface area contributed by atoms with Crippen molar-refractivity contribution in [3.63, 3.8) is 0 Å². The van der Waals surface area contributed by atoms with E-state index in [1.54, 1.807) is 7.11 Å². The van der Waals surface area contributed by atoms with Gasteiger partial charge in [0.1, 0.15) is 11.9 Å². The van der Waals surface area contributed by atoms with Crippen molar-refractivity contribution in [3.05, 3.63) is 46.9 Å². The number of carbonyl (C=O) groups excluding carboxylic acids is 2. The molecule has 186 valence electrons. The number of nitrogens with zero attached hydrogens (tertiary/aromatic N) is 3. The highest BCUT2D eigenvalue weighted by Crippen LogP contribution is 2.33. The van der Waals surface area contributed by atoms with Crippen LogP contribution in [0.3, 0.4) is 0 Å². The quantitative estimate of drug-likeness (QED) is 0.403. The Hall–Kier alpha value is -2.99. The number of hydrogen-bond acceptors (Lipinski definition) is 8. The number of likely N-dealkylation sites (tertiary alicyclic amines) is 1. The highest BCUT2D eigenvalue weighted by atomic mass is 19.2. The van der Waals surface area contributed by atoms with Crippen LogP contribution in [-0.2, 0) is 30.9 Å². The molecule has 2 heterocycles. The monoisotopic (exact) mass is 484 g/mol. The molecule has 1 aromatic heterocycles. The van der Waals surface area contributed by atoms with Crippen LogP contribution in [0.4, 0.5) is 13.2 Å². The van der Waals surface area contributed by atoms with Crippen molar-refractivity contribution in [2.24, 2.45) is 5.73 Å². The van der Waals surface area contributed by atoms with Gasteiger partial charge in [-0.2, -0.15) is 4.98 Å². The van der Waals surface area contributed by atoms with Crippen LogP contribution in [0.15, 0.2) is 16.7 Å². The third kappa shape index (κ3) is 5.39. The van der Waals surface area contributed by atoms with Crippen molar-refractivity contribution < 1.29 is 36.8 Å². The average Bonchev–Trinajstić information content (AvgIpc) is 3.45. The molecule has 0 radical (unpaired) electrons. The molecule has 1 aromatic carbocycles. The number of rotatable bonds is 10. The molecule has 1 fully saturated rings. The van der Waals surface area contributed by atoms with Gasteiger partial charge in [0.05, 0.1) is 18.1 Å². The lowest BCUT2D eigenvalue weighted by Gasteiger charge is -2.29. The molecule has 1 aliphatic heterocycles. The van der Waals surface area contributed by atoms with E-state index < -0.39 is 47.0 Å². The molecule has 1 saturated heterocycles. The SMILES string of the molecule is COCC(C)(C)c1noc([C@@H]2CCCN2C(=O)C(OC=O)[C@H](N)Cc2cc(F)c(F)cc2F)n1. The van der Waals surface area contributed by atoms with Crippen molar-refractivity contribution in [2.45, 2.75) is 56.7 Å². The van der Waals surface area contributed by atoms with Crippen LogP contribution >= 0.6 is 0 Å².